The molecule has 3 N–H and O–H groups in total. The molecule has 0 saturated heterocycles. The Hall–Kier alpha value is -5.57. The summed E-state index contributed by atoms with van der Waals surface area (Å²) in [5.41, 5.74) is 12.0. The van der Waals surface area contributed by atoms with Crippen molar-refractivity contribution in [1.29, 1.82) is 0 Å². The van der Waals surface area contributed by atoms with Crippen molar-refractivity contribution in [1.82, 2.24) is 15.4 Å². The molecule has 194 valence electrons. The zero-order valence-electron chi connectivity index (χ0n) is 21.8. The van der Waals surface area contributed by atoms with E-state index in [0.717, 1.165) is 33.2 Å². The van der Waals surface area contributed by atoms with Gasteiger partial charge in [0.25, 0.3) is 5.91 Å². The Balaban J connectivity index is 1.26. The first-order valence-electron chi connectivity index (χ1n) is 12.8. The summed E-state index contributed by atoms with van der Waals surface area (Å²) >= 11 is 0. The van der Waals surface area contributed by atoms with Gasteiger partial charge in [0.15, 0.2) is 11.6 Å². The molecule has 2 aliphatic rings. The van der Waals surface area contributed by atoms with Crippen molar-refractivity contribution in [3.05, 3.63) is 119 Å². The molecule has 0 aliphatic carbocycles. The lowest BCUT2D eigenvalue weighted by atomic mass is 10.0. The first kappa shape index (κ1) is 23.5. The number of amides is 1. The van der Waals surface area contributed by atoms with Gasteiger partial charge in [-0.2, -0.15) is 0 Å². The van der Waals surface area contributed by atoms with Crippen molar-refractivity contribution in [2.24, 2.45) is 9.98 Å². The van der Waals surface area contributed by atoms with E-state index in [1.54, 1.807) is 6.07 Å². The molecule has 5 aromatic rings. The first-order chi connectivity index (χ1) is 19.5. The molecule has 0 radical (unpaired) electrons. The number of para-hydroxylation sites is 1. The molecule has 0 atom stereocenters. The van der Waals surface area contributed by atoms with Crippen LogP contribution in [0.3, 0.4) is 0 Å². The van der Waals surface area contributed by atoms with Gasteiger partial charge in [0.1, 0.15) is 11.1 Å². The minimum Gasteiger partial charge on any atom is -0.378 e. The largest absolute Gasteiger partial charge is 0.378 e. The average Bonchev–Trinajstić information content (AvgIpc) is 3.61. The zero-order chi connectivity index (χ0) is 27.2. The van der Waals surface area contributed by atoms with Crippen molar-refractivity contribution in [2.75, 3.05) is 29.7 Å². The molecule has 1 amide bonds. The number of pyridine rings is 2. The van der Waals surface area contributed by atoms with Crippen LogP contribution in [0, 0.1) is 0 Å². The molecule has 2 aromatic heterocycles. The summed E-state index contributed by atoms with van der Waals surface area (Å²) in [7, 11) is 3.95. The van der Waals surface area contributed by atoms with Crippen LogP contribution in [0.25, 0.3) is 27.6 Å². The molecule has 0 unspecified atom stereocenters. The quantitative estimate of drug-likeness (QED) is 0.327. The smallest absolute Gasteiger partial charge is 0.257 e. The fourth-order valence-corrected chi connectivity index (χ4v) is 4.93. The normalized spacial score (nSPS) is 14.8. The number of rotatable bonds is 4. The summed E-state index contributed by atoms with van der Waals surface area (Å²) in [5, 5.41) is 6.30. The van der Waals surface area contributed by atoms with E-state index in [0.29, 0.717) is 39.3 Å². The van der Waals surface area contributed by atoms with Crippen LogP contribution in [0.15, 0.2) is 107 Å². The monoisotopic (exact) mass is 524 g/mol. The maximum Gasteiger partial charge on any atom is 0.257 e. The van der Waals surface area contributed by atoms with Crippen LogP contribution in [-0.4, -0.2) is 30.0 Å². The van der Waals surface area contributed by atoms with E-state index >= 15 is 0 Å². The second kappa shape index (κ2) is 9.32. The lowest BCUT2D eigenvalue weighted by molar-refractivity contribution is 0.102. The van der Waals surface area contributed by atoms with Crippen molar-refractivity contribution in [3.63, 3.8) is 0 Å². The summed E-state index contributed by atoms with van der Waals surface area (Å²) in [5.74, 6) is 0.914. The Morgan fingerprint density at radius 2 is 1.70 bits per heavy atom. The van der Waals surface area contributed by atoms with Gasteiger partial charge in [-0.3, -0.25) is 20.6 Å². The number of benzene rings is 3. The summed E-state index contributed by atoms with van der Waals surface area (Å²) < 4.78 is 0. The predicted molar refractivity (Wildman–Crippen MR) is 156 cm³/mol. The Bertz CT molecular complexity index is 1970. The van der Waals surface area contributed by atoms with E-state index in [1.807, 2.05) is 92.2 Å². The van der Waals surface area contributed by atoms with E-state index in [1.165, 1.54) is 0 Å². The molecule has 9 heteroatoms. The number of aromatic nitrogens is 2. The van der Waals surface area contributed by atoms with Gasteiger partial charge >= 0.3 is 0 Å². The van der Waals surface area contributed by atoms with Crippen molar-refractivity contribution >= 4 is 39.6 Å². The minimum absolute atomic E-state index is 0.245. The highest BCUT2D eigenvalue weighted by atomic mass is 16.1. The van der Waals surface area contributed by atoms with Gasteiger partial charge in [-0.1, -0.05) is 30.3 Å². The molecule has 9 nitrogen and oxygen atoms in total. The number of nitrogens with zero attached hydrogens (tertiary/aromatic N) is 5. The number of nitrogens with one attached hydrogen (secondary N) is 3. The molecule has 7 rings (SSSR count). The Morgan fingerprint density at radius 1 is 0.850 bits per heavy atom. The molecule has 0 spiro atoms. The molecule has 4 heterocycles. The van der Waals surface area contributed by atoms with Crippen molar-refractivity contribution in [2.45, 2.75) is 0 Å². The van der Waals surface area contributed by atoms with E-state index in [-0.39, 0.29) is 5.91 Å². The number of hydrazine groups is 1. The van der Waals surface area contributed by atoms with Gasteiger partial charge in [-0.05, 0) is 47.9 Å². The molecular formula is C31H24N8O. The Morgan fingerprint density at radius 3 is 2.55 bits per heavy atom. The molecule has 3 aromatic carbocycles. The maximum atomic E-state index is 13.2. The number of anilines is 3. The number of carbonyl (C=O) groups is 1. The highest BCUT2D eigenvalue weighted by Gasteiger charge is 2.24. The van der Waals surface area contributed by atoms with Gasteiger partial charge in [0, 0.05) is 66.1 Å². The summed E-state index contributed by atoms with van der Waals surface area (Å²) in [4.78, 5) is 33.9. The van der Waals surface area contributed by atoms with Crippen LogP contribution < -0.4 is 31.8 Å². The molecule has 2 aliphatic heterocycles. The van der Waals surface area contributed by atoms with Crippen LogP contribution in [-0.2, 0) is 0 Å². The van der Waals surface area contributed by atoms with Gasteiger partial charge < -0.3 is 10.2 Å². The summed E-state index contributed by atoms with van der Waals surface area (Å²) in [6.07, 6.45) is 5.54. The Labute approximate surface area is 229 Å². The van der Waals surface area contributed by atoms with Gasteiger partial charge in [0.05, 0.1) is 10.9 Å². The van der Waals surface area contributed by atoms with Crippen LogP contribution >= 0.6 is 0 Å². The van der Waals surface area contributed by atoms with Crippen LogP contribution in [0.4, 0.5) is 17.2 Å². The molecule has 0 fully saturated rings. The highest BCUT2D eigenvalue weighted by Crippen LogP contribution is 2.34. The predicted octanol–water partition coefficient (Wildman–Crippen LogP) is 4.12. The first-order valence-corrected chi connectivity index (χ1v) is 12.8. The number of fused-ring (bicyclic) bond motifs is 3. The maximum absolute atomic E-state index is 13.2. The third-order valence-electron chi connectivity index (χ3n) is 7.01. The van der Waals surface area contributed by atoms with E-state index in [4.69, 9.17) is 9.98 Å². The third kappa shape index (κ3) is 4.01. The summed E-state index contributed by atoms with van der Waals surface area (Å²) in [6.45, 7) is 0. The second-order valence-electron chi connectivity index (χ2n) is 9.77. The van der Waals surface area contributed by atoms with E-state index in [9.17, 15) is 4.79 Å². The third-order valence-corrected chi connectivity index (χ3v) is 7.01. The van der Waals surface area contributed by atoms with E-state index in [2.05, 4.69) is 38.3 Å². The Kier molecular flexibility index (Phi) is 5.48. The number of hydrogen-bond donors (Lipinski definition) is 3. The molecular weight excluding hydrogens is 500 g/mol. The molecule has 0 saturated carbocycles. The van der Waals surface area contributed by atoms with Gasteiger partial charge in [-0.15, -0.1) is 0 Å². The fourth-order valence-electron chi connectivity index (χ4n) is 4.93. The second-order valence-corrected chi connectivity index (χ2v) is 9.77. The van der Waals surface area contributed by atoms with Gasteiger partial charge in [-0.25, -0.2) is 15.0 Å². The number of hydrogen-bond acceptors (Lipinski definition) is 8. The number of carbonyl (C=O) groups excluding carboxylic acids is 1. The average molecular weight is 525 g/mol. The SMILES string of the molecule is CN(C)c1ccc(NC(=O)c2cccc3c2=N/C(=C2/NNc4ncc(-c5cncc6ccccc56)cc42)N=3)cc1. The van der Waals surface area contributed by atoms with Crippen LogP contribution in [0.1, 0.15) is 15.9 Å². The fraction of sp³-hybridized carbons (Fsp3) is 0.0645. The van der Waals surface area contributed by atoms with Crippen molar-refractivity contribution < 1.29 is 4.79 Å². The zero-order valence-corrected chi connectivity index (χ0v) is 21.8. The van der Waals surface area contributed by atoms with E-state index < -0.39 is 0 Å². The molecule has 0 bridgehead atoms. The van der Waals surface area contributed by atoms with Crippen LogP contribution in [0.2, 0.25) is 0 Å². The van der Waals surface area contributed by atoms with Crippen molar-refractivity contribution in [3.8, 4) is 11.1 Å². The highest BCUT2D eigenvalue weighted by molar-refractivity contribution is 6.04. The summed E-state index contributed by atoms with van der Waals surface area (Å²) in [6, 6.07) is 23.3. The van der Waals surface area contributed by atoms with Crippen LogP contribution in [0.5, 0.6) is 0 Å². The topological polar surface area (TPSA) is 107 Å². The lowest BCUT2D eigenvalue weighted by Gasteiger charge is -2.13. The minimum atomic E-state index is -0.245. The lowest BCUT2D eigenvalue weighted by Crippen LogP contribution is -2.31. The van der Waals surface area contributed by atoms with Gasteiger partial charge in [0.2, 0.25) is 0 Å². The molecule has 40 heavy (non-hydrogen) atoms. The standard InChI is InChI=1S/C31H24N8O/c1-39(2)21-12-10-20(11-13-21)34-31(40)23-8-5-9-26-27(23)36-30(35-26)28-24-14-19(16-33-29(24)38-37-28)25-17-32-15-18-6-3-4-7-22(18)25/h3-17,37H,1-2H3,(H,33,38)(H,34,40)/b30-28+.